The van der Waals surface area contributed by atoms with Gasteiger partial charge in [0.15, 0.2) is 0 Å². The molecule has 1 aromatic carbocycles. The standard InChI is InChI=1S/C30H47NO2.C24H42O3/c1-4-5-6-7-8-9-10-11-12-13-14-15-16-17-21-24-29-30(26(2)27(3)33-29)31(25-32)28-22-19-18-20-23-28;1-4-5-6-7-8-9-10-11-12-13-14-15-16-17-18-19-22-23(24(25)26)20(2)21(3)27-22/h18-20,22-23,25H,4-17,21,24H2,1-3H3;4-19H2,1-3H3,(H,25,26). The van der Waals surface area contributed by atoms with Crippen molar-refractivity contribution in [2.24, 2.45) is 0 Å². The Morgan fingerprint density at radius 2 is 0.833 bits per heavy atom. The average Bonchev–Trinajstić information content (AvgIpc) is 3.69. The van der Waals surface area contributed by atoms with Gasteiger partial charge in [0, 0.05) is 29.7 Å². The highest BCUT2D eigenvalue weighted by Gasteiger charge is 2.22. The average molecular weight is 832 g/mol. The highest BCUT2D eigenvalue weighted by atomic mass is 16.4. The smallest absolute Gasteiger partial charge is 0.339 e. The lowest BCUT2D eigenvalue weighted by molar-refractivity contribution is -0.106. The summed E-state index contributed by atoms with van der Waals surface area (Å²) in [6, 6.07) is 9.82. The summed E-state index contributed by atoms with van der Waals surface area (Å²) in [4.78, 5) is 25.0. The topological polar surface area (TPSA) is 83.9 Å². The Morgan fingerprint density at radius 3 is 1.20 bits per heavy atom. The molecular formula is C54H89NO5. The Morgan fingerprint density at radius 1 is 0.500 bits per heavy atom. The Hall–Kier alpha value is -3.28. The maximum atomic E-state index is 11.9. The fraction of sp³-hybridized carbons (Fsp3) is 0.704. The van der Waals surface area contributed by atoms with Crippen LogP contribution in [-0.2, 0) is 17.6 Å². The molecule has 0 aliphatic heterocycles. The summed E-state index contributed by atoms with van der Waals surface area (Å²) in [5.41, 5.74) is 4.03. The molecule has 0 unspecified atom stereocenters. The molecule has 0 saturated heterocycles. The zero-order chi connectivity index (χ0) is 43.6. The first-order chi connectivity index (χ1) is 29.3. The zero-order valence-corrected chi connectivity index (χ0v) is 39.6. The highest BCUT2D eigenvalue weighted by molar-refractivity contribution is 5.91. The molecule has 60 heavy (non-hydrogen) atoms. The molecule has 0 bridgehead atoms. The van der Waals surface area contributed by atoms with E-state index in [4.69, 9.17) is 8.83 Å². The summed E-state index contributed by atoms with van der Waals surface area (Å²) in [7, 11) is 0. The third-order valence-electron chi connectivity index (χ3n) is 12.5. The Labute approximate surface area is 368 Å². The second kappa shape index (κ2) is 34.3. The van der Waals surface area contributed by atoms with Crippen molar-refractivity contribution in [2.45, 2.75) is 247 Å². The van der Waals surface area contributed by atoms with Crippen LogP contribution in [0.25, 0.3) is 0 Å². The second-order valence-corrected chi connectivity index (χ2v) is 17.7. The lowest BCUT2D eigenvalue weighted by Crippen LogP contribution is -2.16. The van der Waals surface area contributed by atoms with Crippen LogP contribution < -0.4 is 4.90 Å². The molecule has 3 rings (SSSR count). The summed E-state index contributed by atoms with van der Waals surface area (Å²) in [6.07, 6.45) is 43.1. The van der Waals surface area contributed by atoms with Gasteiger partial charge < -0.3 is 13.9 Å². The minimum atomic E-state index is -0.861. The van der Waals surface area contributed by atoms with E-state index in [1.165, 1.54) is 173 Å². The Bertz CT molecular complexity index is 1500. The number of aromatic carboxylic acids is 1. The number of carboxylic acid groups (broad SMARTS) is 1. The van der Waals surface area contributed by atoms with Crippen molar-refractivity contribution in [1.82, 2.24) is 0 Å². The SMILES string of the molecule is CCCCCCCCCCCCCCCCCc1oc(C)c(C)c1C(=O)O.CCCCCCCCCCCCCCCCCc1oc(C)c(C)c1N(C=O)c1ccccc1. The van der Waals surface area contributed by atoms with Crippen LogP contribution in [0.1, 0.15) is 251 Å². The minimum absolute atomic E-state index is 0.387. The summed E-state index contributed by atoms with van der Waals surface area (Å²) in [5, 5.41) is 9.33. The van der Waals surface area contributed by atoms with E-state index in [1.54, 1.807) is 4.90 Å². The van der Waals surface area contributed by atoms with Crippen LogP contribution >= 0.6 is 0 Å². The molecular weight excluding hydrogens is 743 g/mol. The van der Waals surface area contributed by atoms with Crippen molar-refractivity contribution in [1.29, 1.82) is 0 Å². The van der Waals surface area contributed by atoms with Crippen molar-refractivity contribution in [3.63, 3.8) is 0 Å². The summed E-state index contributed by atoms with van der Waals surface area (Å²) >= 11 is 0. The lowest BCUT2D eigenvalue weighted by atomic mass is 10.0. The van der Waals surface area contributed by atoms with Crippen molar-refractivity contribution >= 4 is 23.8 Å². The molecule has 3 aromatic rings. The predicted molar refractivity (Wildman–Crippen MR) is 255 cm³/mol. The molecule has 0 aliphatic carbocycles. The van der Waals surface area contributed by atoms with Crippen LogP contribution in [0.2, 0.25) is 0 Å². The van der Waals surface area contributed by atoms with E-state index < -0.39 is 5.97 Å². The number of para-hydroxylation sites is 1. The van der Waals surface area contributed by atoms with Crippen LogP contribution in [0, 0.1) is 27.7 Å². The summed E-state index contributed by atoms with van der Waals surface area (Å²) < 4.78 is 11.7. The van der Waals surface area contributed by atoms with Gasteiger partial charge in [-0.1, -0.05) is 212 Å². The van der Waals surface area contributed by atoms with E-state index in [9.17, 15) is 14.7 Å². The van der Waals surface area contributed by atoms with Crippen molar-refractivity contribution in [2.75, 3.05) is 4.90 Å². The second-order valence-electron chi connectivity index (χ2n) is 17.7. The molecule has 0 spiro atoms. The van der Waals surface area contributed by atoms with E-state index in [0.29, 0.717) is 11.3 Å². The van der Waals surface area contributed by atoms with Crippen LogP contribution in [0.3, 0.4) is 0 Å². The highest BCUT2D eigenvalue weighted by Crippen LogP contribution is 2.35. The van der Waals surface area contributed by atoms with Crippen LogP contribution in [-0.4, -0.2) is 17.5 Å². The largest absolute Gasteiger partial charge is 0.478 e. The quantitative estimate of drug-likeness (QED) is 0.0466. The van der Waals surface area contributed by atoms with Crippen molar-refractivity contribution < 1.29 is 23.5 Å². The molecule has 340 valence electrons. The molecule has 1 amide bonds. The molecule has 6 nitrogen and oxygen atoms in total. The predicted octanol–water partition coefficient (Wildman–Crippen LogP) is 17.6. The number of carbonyl (C=O) groups is 2. The molecule has 2 heterocycles. The normalized spacial score (nSPS) is 11.2. The number of hydrogen-bond donors (Lipinski definition) is 1. The number of hydrogen-bond acceptors (Lipinski definition) is 4. The van der Waals surface area contributed by atoms with Gasteiger partial charge in [0.05, 0.1) is 5.69 Å². The first-order valence-corrected chi connectivity index (χ1v) is 25.0. The van der Waals surface area contributed by atoms with E-state index in [0.717, 1.165) is 78.3 Å². The number of anilines is 2. The molecule has 2 aromatic heterocycles. The van der Waals surface area contributed by atoms with Gasteiger partial charge in [-0.3, -0.25) is 9.69 Å². The van der Waals surface area contributed by atoms with Crippen LogP contribution in [0.5, 0.6) is 0 Å². The van der Waals surface area contributed by atoms with Crippen molar-refractivity contribution in [3.05, 3.63) is 70.1 Å². The fourth-order valence-corrected chi connectivity index (χ4v) is 8.47. The van der Waals surface area contributed by atoms with Gasteiger partial charge in [0.1, 0.15) is 28.6 Å². The van der Waals surface area contributed by atoms with E-state index in [1.807, 2.05) is 58.0 Å². The van der Waals surface area contributed by atoms with E-state index in [2.05, 4.69) is 13.8 Å². The van der Waals surface area contributed by atoms with E-state index in [-0.39, 0.29) is 0 Å². The van der Waals surface area contributed by atoms with Gasteiger partial charge >= 0.3 is 5.97 Å². The molecule has 0 saturated carbocycles. The molecule has 0 fully saturated rings. The Balaban J connectivity index is 0.000000422. The van der Waals surface area contributed by atoms with Gasteiger partial charge in [-0.05, 0) is 52.7 Å². The van der Waals surface area contributed by atoms with Crippen LogP contribution in [0.15, 0.2) is 39.2 Å². The maximum absolute atomic E-state index is 11.9. The monoisotopic (exact) mass is 832 g/mol. The molecule has 0 radical (unpaired) electrons. The number of furan rings is 2. The first-order valence-electron chi connectivity index (χ1n) is 25.0. The zero-order valence-electron chi connectivity index (χ0n) is 39.6. The Kier molecular flexibility index (Phi) is 30.2. The number of rotatable bonds is 36. The fourth-order valence-electron chi connectivity index (χ4n) is 8.47. The first kappa shape index (κ1) is 52.9. The third-order valence-corrected chi connectivity index (χ3v) is 12.5. The van der Waals surface area contributed by atoms with Gasteiger partial charge in [-0.2, -0.15) is 0 Å². The van der Waals surface area contributed by atoms with Gasteiger partial charge in [0.25, 0.3) is 0 Å². The number of aryl methyl sites for hydroxylation is 4. The summed E-state index contributed by atoms with van der Waals surface area (Å²) in [6.45, 7) is 12.3. The molecule has 6 heteroatoms. The van der Waals surface area contributed by atoms with E-state index >= 15 is 0 Å². The number of amides is 1. The number of unbranched alkanes of at least 4 members (excludes halogenated alkanes) is 28. The molecule has 1 N–H and O–H groups in total. The summed E-state index contributed by atoms with van der Waals surface area (Å²) in [5.74, 6) is 2.38. The number of benzene rings is 1. The molecule has 0 aliphatic rings. The van der Waals surface area contributed by atoms with Gasteiger partial charge in [-0.25, -0.2) is 4.79 Å². The number of carboxylic acids is 1. The minimum Gasteiger partial charge on any atom is -0.478 e. The maximum Gasteiger partial charge on any atom is 0.339 e. The number of nitrogens with zero attached hydrogens (tertiary/aromatic N) is 1. The number of carbonyl (C=O) groups excluding carboxylic acids is 1. The van der Waals surface area contributed by atoms with Gasteiger partial charge in [0.2, 0.25) is 6.41 Å². The van der Waals surface area contributed by atoms with Crippen molar-refractivity contribution in [3.8, 4) is 0 Å². The van der Waals surface area contributed by atoms with Gasteiger partial charge in [-0.15, -0.1) is 0 Å². The molecule has 0 atom stereocenters. The lowest BCUT2D eigenvalue weighted by Gasteiger charge is -2.18. The van der Waals surface area contributed by atoms with Crippen LogP contribution in [0.4, 0.5) is 11.4 Å². The third kappa shape index (κ3) is 22.0.